The van der Waals surface area contributed by atoms with Crippen LogP contribution in [-0.4, -0.2) is 25.1 Å². The van der Waals surface area contributed by atoms with E-state index in [2.05, 4.69) is 14.9 Å². The van der Waals surface area contributed by atoms with Crippen molar-refractivity contribution in [2.24, 2.45) is 0 Å². The molecule has 0 unspecified atom stereocenters. The Balaban J connectivity index is 1.43. The van der Waals surface area contributed by atoms with Crippen LogP contribution in [0.5, 0.6) is 0 Å². The minimum absolute atomic E-state index is 0.300. The van der Waals surface area contributed by atoms with E-state index in [0.29, 0.717) is 22.9 Å². The van der Waals surface area contributed by atoms with Gasteiger partial charge in [-0.15, -0.1) is 22.7 Å². The van der Waals surface area contributed by atoms with E-state index in [9.17, 15) is 8.42 Å². The highest BCUT2D eigenvalue weighted by Crippen LogP contribution is 2.34. The first-order chi connectivity index (χ1) is 12.4. The lowest BCUT2D eigenvalue weighted by Gasteiger charge is -2.03. The van der Waals surface area contributed by atoms with Crippen LogP contribution in [0.15, 0.2) is 20.9 Å². The van der Waals surface area contributed by atoms with E-state index in [0.717, 1.165) is 34.0 Å². The average molecular weight is 410 g/mol. The number of fused-ring (bicyclic) bond motifs is 1. The summed E-state index contributed by atoms with van der Waals surface area (Å²) in [4.78, 5) is 6.82. The standard InChI is InChI=1S/C17H19N3O3S3/c1-10-17(11(2)23-20-10)14-6-7-16(25-14)26(21,22)18-9-8-15-19-12-4-3-5-13(12)24-15/h6-7,18H,3-5,8-9H2,1-2H3. The highest BCUT2D eigenvalue weighted by molar-refractivity contribution is 7.91. The lowest BCUT2D eigenvalue weighted by Crippen LogP contribution is -2.25. The molecule has 0 aliphatic heterocycles. The van der Waals surface area contributed by atoms with E-state index in [-0.39, 0.29) is 0 Å². The monoisotopic (exact) mass is 409 g/mol. The second-order valence-electron chi connectivity index (χ2n) is 6.30. The summed E-state index contributed by atoms with van der Waals surface area (Å²) >= 11 is 2.94. The molecule has 3 aromatic rings. The summed E-state index contributed by atoms with van der Waals surface area (Å²) in [7, 11) is -3.53. The molecule has 0 aromatic carbocycles. The van der Waals surface area contributed by atoms with E-state index in [1.165, 1.54) is 28.3 Å². The molecule has 3 heterocycles. The fraction of sp³-hybridized carbons (Fsp3) is 0.412. The van der Waals surface area contributed by atoms with Crippen molar-refractivity contribution in [3.63, 3.8) is 0 Å². The summed E-state index contributed by atoms with van der Waals surface area (Å²) in [6.07, 6.45) is 3.97. The summed E-state index contributed by atoms with van der Waals surface area (Å²) < 4.78 is 33.3. The first-order valence-corrected chi connectivity index (χ1v) is 11.6. The maximum atomic E-state index is 12.6. The predicted molar refractivity (Wildman–Crippen MR) is 102 cm³/mol. The second kappa shape index (κ2) is 6.88. The second-order valence-corrected chi connectivity index (χ2v) is 10.5. The van der Waals surface area contributed by atoms with Gasteiger partial charge in [-0.2, -0.15) is 0 Å². The number of thiophene rings is 1. The van der Waals surface area contributed by atoms with Gasteiger partial charge in [-0.1, -0.05) is 5.16 Å². The zero-order valence-corrected chi connectivity index (χ0v) is 17.0. The van der Waals surface area contributed by atoms with E-state index in [1.807, 2.05) is 13.8 Å². The van der Waals surface area contributed by atoms with Gasteiger partial charge in [0.25, 0.3) is 0 Å². The number of hydrogen-bond donors (Lipinski definition) is 1. The summed E-state index contributed by atoms with van der Waals surface area (Å²) in [5.74, 6) is 0.693. The molecule has 9 heteroatoms. The Morgan fingerprint density at radius 2 is 2.08 bits per heavy atom. The Morgan fingerprint density at radius 1 is 1.23 bits per heavy atom. The molecule has 1 aliphatic rings. The van der Waals surface area contributed by atoms with E-state index in [1.54, 1.807) is 23.5 Å². The quantitative estimate of drug-likeness (QED) is 0.674. The highest BCUT2D eigenvalue weighted by atomic mass is 32.2. The van der Waals surface area contributed by atoms with E-state index in [4.69, 9.17) is 4.52 Å². The number of hydrogen-bond acceptors (Lipinski definition) is 7. The third kappa shape index (κ3) is 3.36. The Kier molecular flexibility index (Phi) is 4.72. The van der Waals surface area contributed by atoms with Crippen LogP contribution in [0.4, 0.5) is 0 Å². The maximum Gasteiger partial charge on any atom is 0.250 e. The molecule has 3 aromatic heterocycles. The largest absolute Gasteiger partial charge is 0.361 e. The van der Waals surface area contributed by atoms with Crippen LogP contribution in [0.25, 0.3) is 10.4 Å². The highest BCUT2D eigenvalue weighted by Gasteiger charge is 2.21. The molecule has 0 bridgehead atoms. The molecule has 0 radical (unpaired) electrons. The lowest BCUT2D eigenvalue weighted by molar-refractivity contribution is 0.393. The van der Waals surface area contributed by atoms with Crippen LogP contribution in [0.3, 0.4) is 0 Å². The van der Waals surface area contributed by atoms with Crippen LogP contribution in [0.1, 0.15) is 33.5 Å². The molecule has 1 aliphatic carbocycles. The molecule has 0 atom stereocenters. The van der Waals surface area contributed by atoms with Crippen molar-refractivity contribution >= 4 is 32.7 Å². The zero-order chi connectivity index (χ0) is 18.3. The molecule has 1 N–H and O–H groups in total. The summed E-state index contributed by atoms with van der Waals surface area (Å²) in [6, 6.07) is 3.43. The number of nitrogens with one attached hydrogen (secondary N) is 1. The van der Waals surface area contributed by atoms with Gasteiger partial charge in [0, 0.05) is 22.7 Å². The van der Waals surface area contributed by atoms with Crippen LogP contribution in [-0.2, 0) is 29.3 Å². The lowest BCUT2D eigenvalue weighted by atomic mass is 10.2. The van der Waals surface area contributed by atoms with Crippen molar-refractivity contribution in [1.29, 1.82) is 0 Å². The smallest absolute Gasteiger partial charge is 0.250 e. The van der Waals surface area contributed by atoms with Crippen molar-refractivity contribution in [2.75, 3.05) is 6.54 Å². The molecule has 0 spiro atoms. The number of rotatable bonds is 6. The minimum Gasteiger partial charge on any atom is -0.361 e. The average Bonchev–Trinajstić information content (AvgIpc) is 3.31. The van der Waals surface area contributed by atoms with Crippen LogP contribution < -0.4 is 4.72 Å². The molecular weight excluding hydrogens is 390 g/mol. The minimum atomic E-state index is -3.53. The fourth-order valence-corrected chi connectivity index (χ4v) is 6.83. The van der Waals surface area contributed by atoms with Gasteiger partial charge in [-0.25, -0.2) is 18.1 Å². The van der Waals surface area contributed by atoms with Gasteiger partial charge >= 0.3 is 0 Å². The van der Waals surface area contributed by atoms with Crippen molar-refractivity contribution in [3.05, 3.63) is 39.2 Å². The summed E-state index contributed by atoms with van der Waals surface area (Å²) in [5, 5.41) is 4.94. The SMILES string of the molecule is Cc1noc(C)c1-c1ccc(S(=O)(=O)NCCc2nc3c(s2)CCC3)s1. The molecule has 0 saturated carbocycles. The van der Waals surface area contributed by atoms with Gasteiger partial charge in [0.1, 0.15) is 9.97 Å². The number of nitrogens with zero attached hydrogens (tertiary/aromatic N) is 2. The van der Waals surface area contributed by atoms with Crippen molar-refractivity contribution in [2.45, 2.75) is 43.7 Å². The van der Waals surface area contributed by atoms with Crippen LogP contribution in [0.2, 0.25) is 0 Å². The number of aryl methyl sites for hydroxylation is 4. The predicted octanol–water partition coefficient (Wildman–Crippen LogP) is 3.49. The van der Waals surface area contributed by atoms with Gasteiger partial charge in [-0.05, 0) is 45.2 Å². The van der Waals surface area contributed by atoms with Crippen molar-refractivity contribution in [3.8, 4) is 10.4 Å². The van der Waals surface area contributed by atoms with Crippen LogP contribution in [0, 0.1) is 13.8 Å². The molecule has 6 nitrogen and oxygen atoms in total. The molecule has 138 valence electrons. The number of sulfonamides is 1. The Labute approximate surface area is 160 Å². The number of aromatic nitrogens is 2. The first-order valence-electron chi connectivity index (χ1n) is 8.44. The Hall–Kier alpha value is -1.55. The normalized spacial score (nSPS) is 14.1. The van der Waals surface area contributed by atoms with Gasteiger partial charge in [0.05, 0.1) is 22.0 Å². The zero-order valence-electron chi connectivity index (χ0n) is 14.5. The van der Waals surface area contributed by atoms with E-state index >= 15 is 0 Å². The summed E-state index contributed by atoms with van der Waals surface area (Å²) in [6.45, 7) is 4.03. The third-order valence-corrected chi connectivity index (χ3v) is 8.67. The topological polar surface area (TPSA) is 85.1 Å². The molecule has 0 saturated heterocycles. The van der Waals surface area contributed by atoms with E-state index < -0.39 is 10.0 Å². The first kappa shape index (κ1) is 17.8. The number of thiazole rings is 1. The molecule has 26 heavy (non-hydrogen) atoms. The Morgan fingerprint density at radius 3 is 2.81 bits per heavy atom. The van der Waals surface area contributed by atoms with Crippen LogP contribution >= 0.6 is 22.7 Å². The summed E-state index contributed by atoms with van der Waals surface area (Å²) in [5.41, 5.74) is 2.84. The van der Waals surface area contributed by atoms with Gasteiger partial charge < -0.3 is 4.52 Å². The van der Waals surface area contributed by atoms with Gasteiger partial charge in [-0.3, -0.25) is 0 Å². The maximum absolute atomic E-state index is 12.6. The van der Waals surface area contributed by atoms with Gasteiger partial charge in [0.2, 0.25) is 10.0 Å². The molecular formula is C17H19N3O3S3. The Bertz CT molecular complexity index is 1010. The fourth-order valence-electron chi connectivity index (χ4n) is 3.15. The van der Waals surface area contributed by atoms with Crippen molar-refractivity contribution < 1.29 is 12.9 Å². The molecule has 0 fully saturated rings. The third-order valence-electron chi connectivity index (χ3n) is 4.40. The van der Waals surface area contributed by atoms with Crippen molar-refractivity contribution in [1.82, 2.24) is 14.9 Å². The van der Waals surface area contributed by atoms with Gasteiger partial charge in [0.15, 0.2) is 0 Å². The molecule has 4 rings (SSSR count). The molecule has 0 amide bonds.